The van der Waals surface area contributed by atoms with Crippen molar-refractivity contribution in [3.8, 4) is 5.75 Å². The average Bonchev–Trinajstić information content (AvgIpc) is 2.32. The van der Waals surface area contributed by atoms with Crippen molar-refractivity contribution in [3.63, 3.8) is 0 Å². The molecule has 0 saturated carbocycles. The zero-order chi connectivity index (χ0) is 13.1. The molecule has 2 N–H and O–H groups in total. The molecular weight excluding hydrogens is 365 g/mol. The molecule has 0 aromatic heterocycles. The van der Waals surface area contributed by atoms with Crippen LogP contribution in [0.1, 0.15) is 10.4 Å². The van der Waals surface area contributed by atoms with Crippen LogP contribution in [0.2, 0.25) is 5.02 Å². The van der Waals surface area contributed by atoms with E-state index in [-0.39, 0.29) is 11.7 Å². The van der Waals surface area contributed by atoms with Crippen molar-refractivity contribution in [2.75, 3.05) is 5.32 Å². The highest BCUT2D eigenvalue weighted by Gasteiger charge is 2.11. The first-order valence-electron chi connectivity index (χ1n) is 5.12. The topological polar surface area (TPSA) is 49.3 Å². The van der Waals surface area contributed by atoms with Gasteiger partial charge in [0.2, 0.25) is 0 Å². The van der Waals surface area contributed by atoms with Gasteiger partial charge in [-0.1, -0.05) is 17.7 Å². The third kappa shape index (κ3) is 3.14. The normalized spacial score (nSPS) is 10.1. The van der Waals surface area contributed by atoms with Gasteiger partial charge in [0, 0.05) is 20.3 Å². The Labute approximate surface area is 123 Å². The summed E-state index contributed by atoms with van der Waals surface area (Å²) in [7, 11) is 0. The monoisotopic (exact) mass is 373 g/mol. The van der Waals surface area contributed by atoms with Crippen molar-refractivity contribution in [2.45, 2.75) is 0 Å². The van der Waals surface area contributed by atoms with E-state index in [0.29, 0.717) is 16.3 Å². The first-order valence-corrected chi connectivity index (χ1v) is 6.57. The third-order valence-electron chi connectivity index (χ3n) is 2.28. The zero-order valence-corrected chi connectivity index (χ0v) is 12.1. The Hall–Kier alpha value is -1.27. The summed E-state index contributed by atoms with van der Waals surface area (Å²) in [6, 6.07) is 11.5. The summed E-state index contributed by atoms with van der Waals surface area (Å²) < 4.78 is 0.814. The largest absolute Gasteiger partial charge is 0.508 e. The molecule has 2 rings (SSSR count). The molecule has 0 atom stereocenters. The number of benzene rings is 2. The molecule has 0 bridgehead atoms. The summed E-state index contributed by atoms with van der Waals surface area (Å²) in [5.74, 6) is -0.152. The highest BCUT2D eigenvalue weighted by Crippen LogP contribution is 2.20. The summed E-state index contributed by atoms with van der Waals surface area (Å²) in [5.41, 5.74) is 1.04. The molecule has 0 fully saturated rings. The average molecular weight is 374 g/mol. The lowest BCUT2D eigenvalue weighted by molar-refractivity contribution is 0.102. The van der Waals surface area contributed by atoms with Gasteiger partial charge in [-0.25, -0.2) is 0 Å². The molecule has 0 aliphatic heterocycles. The van der Waals surface area contributed by atoms with Crippen LogP contribution < -0.4 is 5.32 Å². The lowest BCUT2D eigenvalue weighted by atomic mass is 10.2. The maximum atomic E-state index is 12.0. The van der Waals surface area contributed by atoms with Gasteiger partial charge in [-0.15, -0.1) is 0 Å². The standard InChI is InChI=1S/C13H9ClINO2/c14-8-4-5-12(15)11(6-8)13(18)16-9-2-1-3-10(17)7-9/h1-7,17H,(H,16,18). The Bertz CT molecular complexity index is 601. The number of rotatable bonds is 2. The first kappa shape index (κ1) is 13.2. The van der Waals surface area contributed by atoms with Crippen LogP contribution in [0.25, 0.3) is 0 Å². The van der Waals surface area contributed by atoms with E-state index >= 15 is 0 Å². The van der Waals surface area contributed by atoms with Crippen LogP contribution in [0.5, 0.6) is 5.75 Å². The van der Waals surface area contributed by atoms with Crippen molar-refractivity contribution in [1.29, 1.82) is 0 Å². The third-order valence-corrected chi connectivity index (χ3v) is 3.45. The molecule has 2 aromatic rings. The first-order chi connectivity index (χ1) is 8.56. The Balaban J connectivity index is 2.24. The second kappa shape index (κ2) is 5.58. The minimum Gasteiger partial charge on any atom is -0.508 e. The van der Waals surface area contributed by atoms with Gasteiger partial charge in [-0.05, 0) is 52.9 Å². The number of carbonyl (C=O) groups excluding carboxylic acids is 1. The Morgan fingerprint density at radius 3 is 2.72 bits per heavy atom. The lowest BCUT2D eigenvalue weighted by Gasteiger charge is -2.07. The highest BCUT2D eigenvalue weighted by atomic mass is 127. The van der Waals surface area contributed by atoms with E-state index in [1.807, 2.05) is 0 Å². The smallest absolute Gasteiger partial charge is 0.256 e. The molecule has 0 unspecified atom stereocenters. The maximum absolute atomic E-state index is 12.0. The summed E-state index contributed by atoms with van der Waals surface area (Å²) in [5, 5.41) is 12.5. The van der Waals surface area contributed by atoms with Crippen LogP contribution in [0.3, 0.4) is 0 Å². The molecule has 2 aromatic carbocycles. The van der Waals surface area contributed by atoms with E-state index in [9.17, 15) is 9.90 Å². The van der Waals surface area contributed by atoms with Crippen molar-refractivity contribution >= 4 is 45.8 Å². The molecular formula is C13H9ClINO2. The minimum absolute atomic E-state index is 0.105. The van der Waals surface area contributed by atoms with Gasteiger partial charge in [0.05, 0.1) is 5.56 Å². The highest BCUT2D eigenvalue weighted by molar-refractivity contribution is 14.1. The summed E-state index contributed by atoms with van der Waals surface area (Å²) >= 11 is 7.94. The minimum atomic E-state index is -0.257. The molecule has 0 aliphatic rings. The number of nitrogens with one attached hydrogen (secondary N) is 1. The van der Waals surface area contributed by atoms with E-state index in [2.05, 4.69) is 27.9 Å². The van der Waals surface area contributed by atoms with Gasteiger partial charge in [0.1, 0.15) is 5.75 Å². The number of halogens is 2. The SMILES string of the molecule is O=C(Nc1cccc(O)c1)c1cc(Cl)ccc1I. The number of phenols is 1. The quantitative estimate of drug-likeness (QED) is 0.784. The van der Waals surface area contributed by atoms with E-state index < -0.39 is 0 Å². The molecule has 92 valence electrons. The lowest BCUT2D eigenvalue weighted by Crippen LogP contribution is -2.13. The van der Waals surface area contributed by atoms with Gasteiger partial charge in [0.25, 0.3) is 5.91 Å². The fourth-order valence-corrected chi connectivity index (χ4v) is 2.21. The Morgan fingerprint density at radius 2 is 2.00 bits per heavy atom. The Morgan fingerprint density at radius 1 is 1.22 bits per heavy atom. The van der Waals surface area contributed by atoms with Crippen LogP contribution >= 0.6 is 34.2 Å². The van der Waals surface area contributed by atoms with Crippen LogP contribution in [0.15, 0.2) is 42.5 Å². The fourth-order valence-electron chi connectivity index (χ4n) is 1.45. The van der Waals surface area contributed by atoms with Crippen LogP contribution in [0, 0.1) is 3.57 Å². The predicted molar refractivity (Wildman–Crippen MR) is 80.2 cm³/mol. The molecule has 0 radical (unpaired) electrons. The molecule has 0 heterocycles. The second-order valence-corrected chi connectivity index (χ2v) is 5.23. The number of aromatic hydroxyl groups is 1. The molecule has 18 heavy (non-hydrogen) atoms. The van der Waals surface area contributed by atoms with E-state index in [4.69, 9.17) is 11.6 Å². The Kier molecular flexibility index (Phi) is 4.08. The number of phenolic OH excluding ortho intramolecular Hbond substituents is 1. The van der Waals surface area contributed by atoms with Crippen molar-refractivity contribution in [1.82, 2.24) is 0 Å². The van der Waals surface area contributed by atoms with Gasteiger partial charge < -0.3 is 10.4 Å². The number of hydrogen-bond donors (Lipinski definition) is 2. The van der Waals surface area contributed by atoms with Crippen LogP contribution in [-0.2, 0) is 0 Å². The number of anilines is 1. The van der Waals surface area contributed by atoms with E-state index in [0.717, 1.165) is 3.57 Å². The zero-order valence-electron chi connectivity index (χ0n) is 9.15. The molecule has 3 nitrogen and oxygen atoms in total. The molecule has 1 amide bonds. The maximum Gasteiger partial charge on any atom is 0.256 e. The molecule has 0 spiro atoms. The molecule has 0 saturated heterocycles. The van der Waals surface area contributed by atoms with Gasteiger partial charge in [0.15, 0.2) is 0 Å². The summed E-state index contributed by atoms with van der Waals surface area (Å²) in [6.07, 6.45) is 0. The number of hydrogen-bond acceptors (Lipinski definition) is 2. The van der Waals surface area contributed by atoms with Crippen molar-refractivity contribution in [2.24, 2.45) is 0 Å². The summed E-state index contributed by atoms with van der Waals surface area (Å²) in [4.78, 5) is 12.0. The summed E-state index contributed by atoms with van der Waals surface area (Å²) in [6.45, 7) is 0. The number of amides is 1. The van der Waals surface area contributed by atoms with Crippen molar-refractivity contribution in [3.05, 3.63) is 56.6 Å². The number of carbonyl (C=O) groups is 1. The predicted octanol–water partition coefficient (Wildman–Crippen LogP) is 3.90. The second-order valence-electron chi connectivity index (χ2n) is 3.63. The van der Waals surface area contributed by atoms with Crippen LogP contribution in [0.4, 0.5) is 5.69 Å². The molecule has 0 aliphatic carbocycles. The van der Waals surface area contributed by atoms with E-state index in [1.165, 1.54) is 6.07 Å². The fraction of sp³-hybridized carbons (Fsp3) is 0. The van der Waals surface area contributed by atoms with Gasteiger partial charge in [-0.3, -0.25) is 4.79 Å². The van der Waals surface area contributed by atoms with Gasteiger partial charge >= 0.3 is 0 Å². The van der Waals surface area contributed by atoms with Gasteiger partial charge in [-0.2, -0.15) is 0 Å². The molecule has 5 heteroatoms. The van der Waals surface area contributed by atoms with Crippen LogP contribution in [-0.4, -0.2) is 11.0 Å². The van der Waals surface area contributed by atoms with Crippen molar-refractivity contribution < 1.29 is 9.90 Å². The van der Waals surface area contributed by atoms with E-state index in [1.54, 1.807) is 36.4 Å².